The number of halogens is 1. The Morgan fingerprint density at radius 2 is 2.07 bits per heavy atom. The summed E-state index contributed by atoms with van der Waals surface area (Å²) in [5, 5.41) is 8.73. The van der Waals surface area contributed by atoms with E-state index in [1.54, 1.807) is 0 Å². The third-order valence-electron chi connectivity index (χ3n) is 2.29. The minimum atomic E-state index is -0.416. The maximum atomic E-state index is 13.5. The molecule has 1 rings (SSSR count). The second kappa shape index (κ2) is 4.53. The molecule has 2 nitrogen and oxygen atoms in total. The van der Waals surface area contributed by atoms with Crippen molar-refractivity contribution < 1.29 is 9.50 Å². The number of aryl methyl sites for hydroxylation is 2. The van der Waals surface area contributed by atoms with Crippen LogP contribution in [0.2, 0.25) is 0 Å². The number of aliphatic hydroxyl groups excluding tert-OH is 1. The summed E-state index contributed by atoms with van der Waals surface area (Å²) in [6, 6.07) is 2.95. The standard InChI is InChI=1S/C11H16FNO/c1-7-5-8(2)11(9(12)6-7)10(13)3-4-14/h5-6,10,14H,3-4,13H2,1-2H3. The van der Waals surface area contributed by atoms with Gasteiger partial charge in [0.05, 0.1) is 0 Å². The molecular weight excluding hydrogens is 181 g/mol. The third-order valence-corrected chi connectivity index (χ3v) is 2.29. The van der Waals surface area contributed by atoms with Gasteiger partial charge in [-0.15, -0.1) is 0 Å². The first-order chi connectivity index (χ1) is 6.56. The number of aliphatic hydroxyl groups is 1. The summed E-state index contributed by atoms with van der Waals surface area (Å²) in [7, 11) is 0. The van der Waals surface area contributed by atoms with E-state index in [4.69, 9.17) is 10.8 Å². The lowest BCUT2D eigenvalue weighted by Gasteiger charge is -2.15. The van der Waals surface area contributed by atoms with E-state index in [1.807, 2.05) is 19.9 Å². The van der Waals surface area contributed by atoms with Gasteiger partial charge in [-0.05, 0) is 37.5 Å². The summed E-state index contributed by atoms with van der Waals surface area (Å²) in [5.41, 5.74) is 8.01. The lowest BCUT2D eigenvalue weighted by atomic mass is 9.97. The molecule has 0 heterocycles. The van der Waals surface area contributed by atoms with Crippen LogP contribution in [-0.2, 0) is 0 Å². The molecular formula is C11H16FNO. The van der Waals surface area contributed by atoms with Gasteiger partial charge in [-0.2, -0.15) is 0 Å². The van der Waals surface area contributed by atoms with Crippen molar-refractivity contribution in [1.82, 2.24) is 0 Å². The van der Waals surface area contributed by atoms with Crippen LogP contribution in [0.3, 0.4) is 0 Å². The first-order valence-corrected chi connectivity index (χ1v) is 4.69. The van der Waals surface area contributed by atoms with Gasteiger partial charge < -0.3 is 10.8 Å². The van der Waals surface area contributed by atoms with Crippen LogP contribution in [0.15, 0.2) is 12.1 Å². The molecule has 1 unspecified atom stereocenters. The summed E-state index contributed by atoms with van der Waals surface area (Å²) in [6.07, 6.45) is 0.390. The molecule has 0 radical (unpaired) electrons. The molecule has 0 aliphatic carbocycles. The van der Waals surface area contributed by atoms with Gasteiger partial charge in [0.25, 0.3) is 0 Å². The summed E-state index contributed by atoms with van der Waals surface area (Å²) < 4.78 is 13.5. The van der Waals surface area contributed by atoms with E-state index in [-0.39, 0.29) is 12.4 Å². The zero-order valence-electron chi connectivity index (χ0n) is 8.55. The van der Waals surface area contributed by atoms with E-state index in [2.05, 4.69) is 0 Å². The van der Waals surface area contributed by atoms with Crippen molar-refractivity contribution in [2.24, 2.45) is 5.73 Å². The fourth-order valence-electron chi connectivity index (χ4n) is 1.68. The van der Waals surface area contributed by atoms with Crippen LogP contribution in [0, 0.1) is 19.7 Å². The molecule has 0 aliphatic heterocycles. The van der Waals surface area contributed by atoms with Gasteiger partial charge in [0.2, 0.25) is 0 Å². The Bertz CT molecular complexity index is 302. The Balaban J connectivity index is 3.07. The molecule has 0 fully saturated rings. The summed E-state index contributed by atoms with van der Waals surface area (Å²) in [6.45, 7) is 3.66. The van der Waals surface area contributed by atoms with Crippen molar-refractivity contribution >= 4 is 0 Å². The average Bonchev–Trinajstić information content (AvgIpc) is 2.01. The van der Waals surface area contributed by atoms with Gasteiger partial charge in [-0.1, -0.05) is 6.07 Å². The van der Waals surface area contributed by atoms with Crippen LogP contribution < -0.4 is 5.73 Å². The summed E-state index contributed by atoms with van der Waals surface area (Å²) >= 11 is 0. The molecule has 78 valence electrons. The highest BCUT2D eigenvalue weighted by molar-refractivity contribution is 5.34. The molecule has 0 saturated heterocycles. The van der Waals surface area contributed by atoms with Gasteiger partial charge in [-0.25, -0.2) is 4.39 Å². The molecule has 0 saturated carbocycles. The molecule has 1 atom stereocenters. The average molecular weight is 197 g/mol. The maximum absolute atomic E-state index is 13.5. The van der Waals surface area contributed by atoms with Crippen LogP contribution in [0.4, 0.5) is 4.39 Å². The van der Waals surface area contributed by atoms with Crippen LogP contribution in [0.5, 0.6) is 0 Å². The lowest BCUT2D eigenvalue weighted by molar-refractivity contribution is 0.275. The van der Waals surface area contributed by atoms with Crippen molar-refractivity contribution in [1.29, 1.82) is 0 Å². The van der Waals surface area contributed by atoms with E-state index < -0.39 is 6.04 Å². The Morgan fingerprint density at radius 1 is 1.43 bits per heavy atom. The van der Waals surface area contributed by atoms with Crippen molar-refractivity contribution in [3.63, 3.8) is 0 Å². The van der Waals surface area contributed by atoms with E-state index in [1.165, 1.54) is 6.07 Å². The molecule has 3 N–H and O–H groups in total. The number of benzene rings is 1. The van der Waals surface area contributed by atoms with Crippen LogP contribution >= 0.6 is 0 Å². The Kier molecular flexibility index (Phi) is 3.61. The second-order valence-corrected chi connectivity index (χ2v) is 3.60. The first kappa shape index (κ1) is 11.1. The lowest BCUT2D eigenvalue weighted by Crippen LogP contribution is -2.15. The van der Waals surface area contributed by atoms with Gasteiger partial charge in [0, 0.05) is 18.2 Å². The minimum Gasteiger partial charge on any atom is -0.396 e. The minimum absolute atomic E-state index is 0.0199. The van der Waals surface area contributed by atoms with E-state index in [0.29, 0.717) is 12.0 Å². The highest BCUT2D eigenvalue weighted by Gasteiger charge is 2.13. The molecule has 0 aliphatic rings. The van der Waals surface area contributed by atoms with Crippen LogP contribution in [0.1, 0.15) is 29.2 Å². The molecule has 0 spiro atoms. The van der Waals surface area contributed by atoms with Crippen molar-refractivity contribution in [3.05, 3.63) is 34.6 Å². The van der Waals surface area contributed by atoms with Gasteiger partial charge in [-0.3, -0.25) is 0 Å². The van der Waals surface area contributed by atoms with Gasteiger partial charge in [0.1, 0.15) is 5.82 Å². The molecule has 1 aromatic rings. The molecule has 1 aromatic carbocycles. The number of rotatable bonds is 3. The molecule has 0 aromatic heterocycles. The van der Waals surface area contributed by atoms with Gasteiger partial charge in [0.15, 0.2) is 0 Å². The summed E-state index contributed by atoms with van der Waals surface area (Å²) in [4.78, 5) is 0. The quantitative estimate of drug-likeness (QED) is 0.776. The second-order valence-electron chi connectivity index (χ2n) is 3.60. The Morgan fingerprint density at radius 3 is 2.57 bits per heavy atom. The van der Waals surface area contributed by atoms with Crippen LogP contribution in [-0.4, -0.2) is 11.7 Å². The largest absolute Gasteiger partial charge is 0.396 e. The first-order valence-electron chi connectivity index (χ1n) is 4.69. The number of hydrogen-bond acceptors (Lipinski definition) is 2. The van der Waals surface area contributed by atoms with Crippen LogP contribution in [0.25, 0.3) is 0 Å². The smallest absolute Gasteiger partial charge is 0.128 e. The monoisotopic (exact) mass is 197 g/mol. The van der Waals surface area contributed by atoms with Crippen molar-refractivity contribution in [2.75, 3.05) is 6.61 Å². The Labute approximate surface area is 83.6 Å². The fourth-order valence-corrected chi connectivity index (χ4v) is 1.68. The third kappa shape index (κ3) is 2.30. The van der Waals surface area contributed by atoms with Crippen molar-refractivity contribution in [3.8, 4) is 0 Å². The SMILES string of the molecule is Cc1cc(C)c(C(N)CCO)c(F)c1. The fraction of sp³-hybridized carbons (Fsp3) is 0.455. The predicted octanol–water partition coefficient (Wildman–Crippen LogP) is 1.82. The topological polar surface area (TPSA) is 46.2 Å². The molecule has 14 heavy (non-hydrogen) atoms. The highest BCUT2D eigenvalue weighted by atomic mass is 19.1. The normalized spacial score (nSPS) is 12.9. The predicted molar refractivity (Wildman–Crippen MR) is 54.5 cm³/mol. The number of hydrogen-bond donors (Lipinski definition) is 2. The molecule has 0 amide bonds. The zero-order chi connectivity index (χ0) is 10.7. The zero-order valence-corrected chi connectivity index (χ0v) is 8.55. The maximum Gasteiger partial charge on any atom is 0.128 e. The van der Waals surface area contributed by atoms with Gasteiger partial charge >= 0.3 is 0 Å². The highest BCUT2D eigenvalue weighted by Crippen LogP contribution is 2.23. The van der Waals surface area contributed by atoms with E-state index in [0.717, 1.165) is 11.1 Å². The van der Waals surface area contributed by atoms with Crippen molar-refractivity contribution in [2.45, 2.75) is 26.3 Å². The van der Waals surface area contributed by atoms with E-state index in [9.17, 15) is 4.39 Å². The Hall–Kier alpha value is -0.930. The van der Waals surface area contributed by atoms with E-state index >= 15 is 0 Å². The number of nitrogens with two attached hydrogens (primary N) is 1. The summed E-state index contributed by atoms with van der Waals surface area (Å²) in [5.74, 6) is -0.275. The molecule has 0 bridgehead atoms. The molecule has 3 heteroatoms.